The molecular formula is C14H25N3. The van der Waals surface area contributed by atoms with Crippen LogP contribution in [0.5, 0.6) is 0 Å². The molecule has 1 heterocycles. The molecule has 1 unspecified atom stereocenters. The fourth-order valence-corrected chi connectivity index (χ4v) is 3.26. The lowest BCUT2D eigenvalue weighted by molar-refractivity contribution is 0.372. The summed E-state index contributed by atoms with van der Waals surface area (Å²) >= 11 is 0. The quantitative estimate of drug-likeness (QED) is 0.869. The molecule has 1 aromatic heterocycles. The van der Waals surface area contributed by atoms with Crippen LogP contribution in [0.2, 0.25) is 0 Å². The van der Waals surface area contributed by atoms with Crippen molar-refractivity contribution in [2.75, 3.05) is 6.54 Å². The van der Waals surface area contributed by atoms with E-state index in [1.54, 1.807) is 0 Å². The van der Waals surface area contributed by atoms with Gasteiger partial charge in [-0.15, -0.1) is 0 Å². The fraction of sp³-hybridized carbons (Fsp3) is 0.786. The molecular weight excluding hydrogens is 210 g/mol. The summed E-state index contributed by atoms with van der Waals surface area (Å²) in [6, 6.07) is 0.510. The van der Waals surface area contributed by atoms with Gasteiger partial charge < -0.3 is 5.32 Å². The summed E-state index contributed by atoms with van der Waals surface area (Å²) in [6.07, 6.45) is 5.52. The SMILES string of the molecule is CCNC(c1c(C)nn(C)c1C)C1CCCC1. The van der Waals surface area contributed by atoms with Gasteiger partial charge in [0.05, 0.1) is 5.69 Å². The van der Waals surface area contributed by atoms with E-state index in [0.29, 0.717) is 6.04 Å². The van der Waals surface area contributed by atoms with Crippen molar-refractivity contribution in [3.63, 3.8) is 0 Å². The predicted molar refractivity (Wildman–Crippen MR) is 71.1 cm³/mol. The topological polar surface area (TPSA) is 29.9 Å². The lowest BCUT2D eigenvalue weighted by Crippen LogP contribution is -2.28. The minimum atomic E-state index is 0.510. The Balaban J connectivity index is 2.30. The van der Waals surface area contributed by atoms with E-state index < -0.39 is 0 Å². The second-order valence-electron chi connectivity index (χ2n) is 5.29. The zero-order valence-electron chi connectivity index (χ0n) is 11.6. The van der Waals surface area contributed by atoms with Crippen LogP contribution in [0, 0.1) is 19.8 Å². The van der Waals surface area contributed by atoms with Crippen LogP contribution in [-0.4, -0.2) is 16.3 Å². The standard InChI is InChI=1S/C14H25N3/c1-5-15-14(12-8-6-7-9-12)13-10(2)16-17(4)11(13)3/h12,14-15H,5-9H2,1-4H3. The summed E-state index contributed by atoms with van der Waals surface area (Å²) < 4.78 is 2.02. The van der Waals surface area contributed by atoms with Gasteiger partial charge in [-0.2, -0.15) is 5.10 Å². The molecule has 1 saturated carbocycles. The summed E-state index contributed by atoms with van der Waals surface area (Å²) in [6.45, 7) is 7.56. The van der Waals surface area contributed by atoms with E-state index in [1.165, 1.54) is 42.6 Å². The molecule has 1 aromatic rings. The maximum atomic E-state index is 4.56. The predicted octanol–water partition coefficient (Wildman–Crippen LogP) is 2.88. The highest BCUT2D eigenvalue weighted by Crippen LogP contribution is 2.37. The highest BCUT2D eigenvalue weighted by Gasteiger charge is 2.29. The van der Waals surface area contributed by atoms with E-state index in [0.717, 1.165) is 12.5 Å². The van der Waals surface area contributed by atoms with Gasteiger partial charge in [0.25, 0.3) is 0 Å². The normalized spacial score (nSPS) is 18.8. The number of rotatable bonds is 4. The van der Waals surface area contributed by atoms with Crippen LogP contribution in [-0.2, 0) is 7.05 Å². The minimum Gasteiger partial charge on any atom is -0.310 e. The highest BCUT2D eigenvalue weighted by atomic mass is 15.3. The van der Waals surface area contributed by atoms with E-state index in [1.807, 2.05) is 11.7 Å². The second-order valence-corrected chi connectivity index (χ2v) is 5.29. The molecule has 1 atom stereocenters. The van der Waals surface area contributed by atoms with Crippen molar-refractivity contribution in [1.82, 2.24) is 15.1 Å². The van der Waals surface area contributed by atoms with Crippen molar-refractivity contribution in [3.8, 4) is 0 Å². The van der Waals surface area contributed by atoms with Gasteiger partial charge in [-0.25, -0.2) is 0 Å². The molecule has 0 saturated heterocycles. The first-order valence-electron chi connectivity index (χ1n) is 6.88. The summed E-state index contributed by atoms with van der Waals surface area (Å²) in [5.74, 6) is 0.802. The Labute approximate surface area is 105 Å². The molecule has 2 rings (SSSR count). The fourth-order valence-electron chi connectivity index (χ4n) is 3.26. The smallest absolute Gasteiger partial charge is 0.0644 e. The third-order valence-electron chi connectivity index (χ3n) is 4.17. The van der Waals surface area contributed by atoms with Crippen molar-refractivity contribution in [1.29, 1.82) is 0 Å². The number of hydrogen-bond donors (Lipinski definition) is 1. The van der Waals surface area contributed by atoms with Crippen molar-refractivity contribution >= 4 is 0 Å². The summed E-state index contributed by atoms with van der Waals surface area (Å²) in [5.41, 5.74) is 3.96. The van der Waals surface area contributed by atoms with E-state index in [-0.39, 0.29) is 0 Å². The molecule has 96 valence electrons. The first-order valence-corrected chi connectivity index (χ1v) is 6.88. The number of hydrogen-bond acceptors (Lipinski definition) is 2. The van der Waals surface area contributed by atoms with Crippen LogP contribution in [0.4, 0.5) is 0 Å². The second kappa shape index (κ2) is 5.21. The molecule has 0 bridgehead atoms. The van der Waals surface area contributed by atoms with Gasteiger partial charge >= 0.3 is 0 Å². The molecule has 17 heavy (non-hydrogen) atoms. The van der Waals surface area contributed by atoms with Gasteiger partial charge in [0.2, 0.25) is 0 Å². The van der Waals surface area contributed by atoms with E-state index in [9.17, 15) is 0 Å². The Morgan fingerprint density at radius 1 is 1.35 bits per heavy atom. The Hall–Kier alpha value is -0.830. The van der Waals surface area contributed by atoms with Gasteiger partial charge in [-0.05, 0) is 39.2 Å². The van der Waals surface area contributed by atoms with Crippen LogP contribution >= 0.6 is 0 Å². The monoisotopic (exact) mass is 235 g/mol. The van der Waals surface area contributed by atoms with Crippen LogP contribution in [0.25, 0.3) is 0 Å². The Bertz CT molecular complexity index is 375. The highest BCUT2D eigenvalue weighted by molar-refractivity contribution is 5.29. The van der Waals surface area contributed by atoms with Gasteiger partial charge in [0, 0.05) is 24.3 Å². The molecule has 1 aliphatic carbocycles. The molecule has 1 N–H and O–H groups in total. The Kier molecular flexibility index (Phi) is 3.87. The average Bonchev–Trinajstić information content (AvgIpc) is 2.88. The molecule has 0 aliphatic heterocycles. The van der Waals surface area contributed by atoms with E-state index in [2.05, 4.69) is 31.2 Å². The van der Waals surface area contributed by atoms with Crippen LogP contribution < -0.4 is 5.32 Å². The zero-order valence-corrected chi connectivity index (χ0v) is 11.6. The first kappa shape index (κ1) is 12.6. The Morgan fingerprint density at radius 3 is 2.47 bits per heavy atom. The lowest BCUT2D eigenvalue weighted by atomic mass is 9.90. The molecule has 0 aromatic carbocycles. The number of aryl methyl sites for hydroxylation is 2. The average molecular weight is 235 g/mol. The number of aromatic nitrogens is 2. The molecule has 0 amide bonds. The molecule has 0 spiro atoms. The third kappa shape index (κ3) is 2.39. The van der Waals surface area contributed by atoms with Crippen LogP contribution in [0.3, 0.4) is 0 Å². The lowest BCUT2D eigenvalue weighted by Gasteiger charge is -2.25. The van der Waals surface area contributed by atoms with E-state index in [4.69, 9.17) is 0 Å². The van der Waals surface area contributed by atoms with Gasteiger partial charge in [0.15, 0.2) is 0 Å². The molecule has 1 aliphatic rings. The van der Waals surface area contributed by atoms with Crippen molar-refractivity contribution in [3.05, 3.63) is 17.0 Å². The maximum Gasteiger partial charge on any atom is 0.0644 e. The van der Waals surface area contributed by atoms with Crippen molar-refractivity contribution in [2.45, 2.75) is 52.5 Å². The van der Waals surface area contributed by atoms with E-state index >= 15 is 0 Å². The summed E-state index contributed by atoms with van der Waals surface area (Å²) in [4.78, 5) is 0. The molecule has 1 fully saturated rings. The minimum absolute atomic E-state index is 0.510. The maximum absolute atomic E-state index is 4.56. The molecule has 3 nitrogen and oxygen atoms in total. The summed E-state index contributed by atoms with van der Waals surface area (Å²) in [5, 5.41) is 8.24. The number of nitrogens with zero attached hydrogens (tertiary/aromatic N) is 2. The molecule has 0 radical (unpaired) electrons. The number of nitrogens with one attached hydrogen (secondary N) is 1. The largest absolute Gasteiger partial charge is 0.310 e. The van der Waals surface area contributed by atoms with Crippen LogP contribution in [0.15, 0.2) is 0 Å². The van der Waals surface area contributed by atoms with Gasteiger partial charge in [-0.3, -0.25) is 4.68 Å². The van der Waals surface area contributed by atoms with Crippen molar-refractivity contribution < 1.29 is 0 Å². The first-order chi connectivity index (χ1) is 8.15. The Morgan fingerprint density at radius 2 is 2.00 bits per heavy atom. The molecule has 3 heteroatoms. The summed E-state index contributed by atoms with van der Waals surface area (Å²) in [7, 11) is 2.05. The van der Waals surface area contributed by atoms with Crippen molar-refractivity contribution in [2.24, 2.45) is 13.0 Å². The third-order valence-corrected chi connectivity index (χ3v) is 4.17. The van der Waals surface area contributed by atoms with Gasteiger partial charge in [-0.1, -0.05) is 19.8 Å². The zero-order chi connectivity index (χ0) is 12.4. The van der Waals surface area contributed by atoms with Crippen LogP contribution in [0.1, 0.15) is 55.6 Å². The van der Waals surface area contributed by atoms with Gasteiger partial charge in [0.1, 0.15) is 0 Å².